The molecule has 4 nitrogen and oxygen atoms in total. The van der Waals surface area contributed by atoms with Gasteiger partial charge < -0.3 is 9.84 Å². The van der Waals surface area contributed by atoms with E-state index < -0.39 is 5.97 Å². The van der Waals surface area contributed by atoms with Gasteiger partial charge in [0, 0.05) is 5.56 Å². The van der Waals surface area contributed by atoms with Crippen molar-refractivity contribution in [2.24, 2.45) is 0 Å². The zero-order chi connectivity index (χ0) is 15.9. The molecule has 0 spiro atoms. The Morgan fingerprint density at radius 1 is 1.23 bits per heavy atom. The summed E-state index contributed by atoms with van der Waals surface area (Å²) < 4.78 is 5.61. The lowest BCUT2D eigenvalue weighted by molar-refractivity contribution is 0.0693. The average Bonchev–Trinajstić information content (AvgIpc) is 2.55. The van der Waals surface area contributed by atoms with Crippen LogP contribution in [0.1, 0.15) is 35.7 Å². The predicted octanol–water partition coefficient (Wildman–Crippen LogP) is 4.10. The molecule has 0 heterocycles. The number of carboxylic acids is 1. The molecule has 0 radical (unpaired) electrons. The number of hydrogen-bond donors (Lipinski definition) is 1. The van der Waals surface area contributed by atoms with Crippen molar-refractivity contribution in [1.82, 2.24) is 0 Å². The predicted molar refractivity (Wildman–Crippen MR) is 84.0 cm³/mol. The van der Waals surface area contributed by atoms with Crippen LogP contribution in [0.4, 0.5) is 0 Å². The summed E-state index contributed by atoms with van der Waals surface area (Å²) in [5, 5.41) is 18.9. The third-order valence-electron chi connectivity index (χ3n) is 3.32. The minimum atomic E-state index is -1.09. The topological polar surface area (TPSA) is 70.3 Å². The zero-order valence-corrected chi connectivity index (χ0v) is 12.4. The summed E-state index contributed by atoms with van der Waals surface area (Å²) in [6.45, 7) is 2.49. The number of hydrogen-bond acceptors (Lipinski definition) is 3. The summed E-state index contributed by atoms with van der Waals surface area (Å²) in [6.07, 6.45) is 1.81. The van der Waals surface area contributed by atoms with Crippen LogP contribution in [-0.2, 0) is 0 Å². The lowest BCUT2D eigenvalue weighted by Gasteiger charge is -2.14. The van der Waals surface area contributed by atoms with Crippen molar-refractivity contribution in [3.8, 4) is 22.9 Å². The van der Waals surface area contributed by atoms with Gasteiger partial charge in [-0.05, 0) is 24.1 Å². The summed E-state index contributed by atoms with van der Waals surface area (Å²) in [5.74, 6) is -0.791. The van der Waals surface area contributed by atoms with Gasteiger partial charge >= 0.3 is 5.97 Å². The Balaban J connectivity index is 2.60. The summed E-state index contributed by atoms with van der Waals surface area (Å²) in [5.41, 5.74) is 1.47. The normalized spacial score (nSPS) is 10.0. The Morgan fingerprint density at radius 3 is 2.55 bits per heavy atom. The van der Waals surface area contributed by atoms with Crippen LogP contribution in [-0.4, -0.2) is 17.7 Å². The summed E-state index contributed by atoms with van der Waals surface area (Å²) in [7, 11) is 0. The van der Waals surface area contributed by atoms with Gasteiger partial charge in [-0.15, -0.1) is 0 Å². The van der Waals surface area contributed by atoms with E-state index in [0.717, 1.165) is 12.8 Å². The van der Waals surface area contributed by atoms with Crippen LogP contribution >= 0.6 is 0 Å². The van der Waals surface area contributed by atoms with Crippen molar-refractivity contribution < 1.29 is 14.6 Å². The maximum Gasteiger partial charge on any atom is 0.340 e. The quantitative estimate of drug-likeness (QED) is 0.814. The molecule has 0 fully saturated rings. The van der Waals surface area contributed by atoms with Gasteiger partial charge in [0.15, 0.2) is 0 Å². The third-order valence-corrected chi connectivity index (χ3v) is 3.32. The van der Waals surface area contributed by atoms with E-state index in [1.165, 1.54) is 0 Å². The van der Waals surface area contributed by atoms with Crippen LogP contribution in [0.3, 0.4) is 0 Å². The highest BCUT2D eigenvalue weighted by Crippen LogP contribution is 2.34. The lowest BCUT2D eigenvalue weighted by atomic mass is 9.94. The van der Waals surface area contributed by atoms with Gasteiger partial charge in [-0.1, -0.05) is 43.7 Å². The van der Waals surface area contributed by atoms with Crippen LogP contribution in [0.15, 0.2) is 42.5 Å². The van der Waals surface area contributed by atoms with Crippen LogP contribution in [0.25, 0.3) is 11.1 Å². The standard InChI is InChI=1S/C18H17NO3/c1-2-3-11-22-15-10-9-14(12-19)16(17(15)18(20)21)13-7-5-4-6-8-13/h4-10H,2-3,11H2,1H3,(H,20,21). The maximum atomic E-state index is 11.7. The fourth-order valence-corrected chi connectivity index (χ4v) is 2.24. The van der Waals surface area contributed by atoms with E-state index in [4.69, 9.17) is 4.74 Å². The van der Waals surface area contributed by atoms with Crippen LogP contribution in [0, 0.1) is 11.3 Å². The third kappa shape index (κ3) is 3.26. The van der Waals surface area contributed by atoms with Gasteiger partial charge in [-0.25, -0.2) is 4.79 Å². The highest BCUT2D eigenvalue weighted by atomic mass is 16.5. The molecule has 0 unspecified atom stereocenters. The zero-order valence-electron chi connectivity index (χ0n) is 12.4. The first kappa shape index (κ1) is 15.6. The van der Waals surface area contributed by atoms with E-state index in [1.54, 1.807) is 24.3 Å². The molecule has 0 saturated carbocycles. The van der Waals surface area contributed by atoms with Gasteiger partial charge in [-0.2, -0.15) is 5.26 Å². The van der Waals surface area contributed by atoms with Crippen molar-refractivity contribution in [2.75, 3.05) is 6.61 Å². The van der Waals surface area contributed by atoms with E-state index in [0.29, 0.717) is 29.0 Å². The number of nitrogens with zero attached hydrogens (tertiary/aromatic N) is 1. The van der Waals surface area contributed by atoms with E-state index >= 15 is 0 Å². The second kappa shape index (κ2) is 7.28. The molecule has 2 aromatic carbocycles. The Morgan fingerprint density at radius 2 is 1.95 bits per heavy atom. The first-order valence-electron chi connectivity index (χ1n) is 7.17. The van der Waals surface area contributed by atoms with Crippen molar-refractivity contribution in [3.63, 3.8) is 0 Å². The number of rotatable bonds is 6. The molecule has 1 N–H and O–H groups in total. The molecule has 2 rings (SSSR count). The maximum absolute atomic E-state index is 11.7. The van der Waals surface area contributed by atoms with Gasteiger partial charge in [0.25, 0.3) is 0 Å². The Hall–Kier alpha value is -2.80. The Kier molecular flexibility index (Phi) is 5.16. The molecule has 0 amide bonds. The highest BCUT2D eigenvalue weighted by Gasteiger charge is 2.21. The minimum absolute atomic E-state index is 0.0429. The smallest absolute Gasteiger partial charge is 0.340 e. The number of benzene rings is 2. The second-order valence-corrected chi connectivity index (χ2v) is 4.85. The lowest BCUT2D eigenvalue weighted by Crippen LogP contribution is -2.07. The summed E-state index contributed by atoms with van der Waals surface area (Å²) in [6, 6.07) is 14.3. The molecule has 0 atom stereocenters. The van der Waals surface area contributed by atoms with Gasteiger partial charge in [-0.3, -0.25) is 0 Å². The average molecular weight is 295 g/mol. The van der Waals surface area contributed by atoms with Crippen LogP contribution < -0.4 is 4.74 Å². The first-order chi connectivity index (χ1) is 10.7. The van der Waals surface area contributed by atoms with Crippen LogP contribution in [0.5, 0.6) is 5.75 Å². The summed E-state index contributed by atoms with van der Waals surface area (Å²) >= 11 is 0. The molecule has 0 aliphatic heterocycles. The fraction of sp³-hybridized carbons (Fsp3) is 0.222. The van der Waals surface area contributed by atoms with E-state index in [1.807, 2.05) is 25.1 Å². The number of ether oxygens (including phenoxy) is 1. The molecule has 112 valence electrons. The number of unbranched alkanes of at least 4 members (excludes halogenated alkanes) is 1. The van der Waals surface area contributed by atoms with Crippen LogP contribution in [0.2, 0.25) is 0 Å². The molecule has 0 aliphatic rings. The highest BCUT2D eigenvalue weighted by molar-refractivity contribution is 6.00. The SMILES string of the molecule is CCCCOc1ccc(C#N)c(-c2ccccc2)c1C(=O)O. The number of carboxylic acid groups (broad SMARTS) is 1. The minimum Gasteiger partial charge on any atom is -0.493 e. The van der Waals surface area contributed by atoms with Gasteiger partial charge in [0.05, 0.1) is 18.2 Å². The van der Waals surface area contributed by atoms with Crippen molar-refractivity contribution in [2.45, 2.75) is 19.8 Å². The Labute approximate surface area is 129 Å². The molecule has 22 heavy (non-hydrogen) atoms. The first-order valence-corrected chi connectivity index (χ1v) is 7.17. The van der Waals surface area contributed by atoms with Crippen molar-refractivity contribution in [1.29, 1.82) is 5.26 Å². The van der Waals surface area contributed by atoms with Gasteiger partial charge in [0.1, 0.15) is 11.3 Å². The molecule has 0 bridgehead atoms. The number of carbonyl (C=O) groups is 1. The molecule has 0 aliphatic carbocycles. The summed E-state index contributed by atoms with van der Waals surface area (Å²) in [4.78, 5) is 11.7. The van der Waals surface area contributed by atoms with Gasteiger partial charge in [0.2, 0.25) is 0 Å². The molecular weight excluding hydrogens is 278 g/mol. The number of aromatic carboxylic acids is 1. The largest absolute Gasteiger partial charge is 0.493 e. The number of nitriles is 1. The van der Waals surface area contributed by atoms with E-state index in [2.05, 4.69) is 6.07 Å². The fourth-order valence-electron chi connectivity index (χ4n) is 2.24. The second-order valence-electron chi connectivity index (χ2n) is 4.85. The van der Waals surface area contributed by atoms with E-state index in [-0.39, 0.29) is 5.56 Å². The molecule has 0 aromatic heterocycles. The van der Waals surface area contributed by atoms with Crippen molar-refractivity contribution in [3.05, 3.63) is 53.6 Å². The monoisotopic (exact) mass is 295 g/mol. The van der Waals surface area contributed by atoms with Crippen molar-refractivity contribution >= 4 is 5.97 Å². The van der Waals surface area contributed by atoms with E-state index in [9.17, 15) is 15.2 Å². The molecule has 2 aromatic rings. The molecular formula is C18H17NO3. The molecule has 4 heteroatoms. The molecule has 0 saturated heterocycles. The Bertz CT molecular complexity index is 702.